The summed E-state index contributed by atoms with van der Waals surface area (Å²) in [5, 5.41) is 0. The van der Waals surface area contributed by atoms with Crippen molar-refractivity contribution in [3.63, 3.8) is 0 Å². The lowest BCUT2D eigenvalue weighted by Crippen LogP contribution is -2.09. The molecule has 2 rings (SSSR count). The van der Waals surface area contributed by atoms with Crippen molar-refractivity contribution < 1.29 is 0 Å². The topological polar surface area (TPSA) is 43.8 Å². The van der Waals surface area contributed by atoms with E-state index >= 15 is 0 Å². The Balaban J connectivity index is 1.98. The Kier molecular flexibility index (Phi) is 2.36. The van der Waals surface area contributed by atoms with Crippen LogP contribution in [-0.4, -0.2) is 16.1 Å². The van der Waals surface area contributed by atoms with Crippen molar-refractivity contribution in [2.45, 2.75) is 26.3 Å². The molecule has 1 aromatic rings. The molecule has 13 heavy (non-hydrogen) atoms. The summed E-state index contributed by atoms with van der Waals surface area (Å²) in [4.78, 5) is 4.15. The molecule has 0 amide bonds. The minimum absolute atomic E-state index is 0.714. The maximum absolute atomic E-state index is 5.52. The molecule has 3 nitrogen and oxygen atoms in total. The molecule has 1 aliphatic carbocycles. The Morgan fingerprint density at radius 1 is 1.69 bits per heavy atom. The van der Waals surface area contributed by atoms with Crippen LogP contribution in [0.2, 0.25) is 0 Å². The van der Waals surface area contributed by atoms with Gasteiger partial charge in [0.05, 0.1) is 6.33 Å². The van der Waals surface area contributed by atoms with Crippen molar-refractivity contribution in [3.05, 3.63) is 18.2 Å². The first kappa shape index (κ1) is 8.75. The average Bonchev–Trinajstić information content (AvgIpc) is 2.62. The molecule has 2 N–H and O–H groups in total. The van der Waals surface area contributed by atoms with Gasteiger partial charge >= 0.3 is 0 Å². The van der Waals surface area contributed by atoms with E-state index in [4.69, 9.17) is 5.73 Å². The molecule has 2 atom stereocenters. The van der Waals surface area contributed by atoms with E-state index in [9.17, 15) is 0 Å². The summed E-state index contributed by atoms with van der Waals surface area (Å²) in [5.41, 5.74) is 6.80. The van der Waals surface area contributed by atoms with E-state index in [-0.39, 0.29) is 0 Å². The van der Waals surface area contributed by atoms with Crippen LogP contribution in [-0.2, 0) is 13.0 Å². The predicted octanol–water partition coefficient (Wildman–Crippen LogP) is 1.04. The molecule has 1 aromatic heterocycles. The highest BCUT2D eigenvalue weighted by molar-refractivity contribution is 5.00. The van der Waals surface area contributed by atoms with Gasteiger partial charge in [0.2, 0.25) is 0 Å². The highest BCUT2D eigenvalue weighted by Crippen LogP contribution is 2.39. The summed E-state index contributed by atoms with van der Waals surface area (Å²) >= 11 is 0. The standard InChI is InChI=1S/C10H17N3/c1-8-4-9(8)6-13-7-12-5-10(13)2-3-11/h5,7-9H,2-4,6,11H2,1H3. The Bertz CT molecular complexity index is 279. The number of nitrogens with zero attached hydrogens (tertiary/aromatic N) is 2. The van der Waals surface area contributed by atoms with Gasteiger partial charge in [0.15, 0.2) is 0 Å². The summed E-state index contributed by atoms with van der Waals surface area (Å²) in [6.07, 6.45) is 6.18. The van der Waals surface area contributed by atoms with Crippen LogP contribution < -0.4 is 5.73 Å². The van der Waals surface area contributed by atoms with Gasteiger partial charge in [0.25, 0.3) is 0 Å². The smallest absolute Gasteiger partial charge is 0.0948 e. The first-order chi connectivity index (χ1) is 6.31. The third kappa shape index (κ3) is 1.91. The van der Waals surface area contributed by atoms with Gasteiger partial charge in [-0.3, -0.25) is 0 Å². The van der Waals surface area contributed by atoms with E-state index in [1.807, 2.05) is 12.5 Å². The molecule has 0 aliphatic heterocycles. The first-order valence-corrected chi connectivity index (χ1v) is 5.00. The van der Waals surface area contributed by atoms with Crippen LogP contribution >= 0.6 is 0 Å². The zero-order chi connectivity index (χ0) is 9.26. The molecular weight excluding hydrogens is 162 g/mol. The van der Waals surface area contributed by atoms with Gasteiger partial charge in [-0.2, -0.15) is 0 Å². The normalized spacial score (nSPS) is 26.3. The highest BCUT2D eigenvalue weighted by Gasteiger charge is 2.32. The Hall–Kier alpha value is -0.830. The van der Waals surface area contributed by atoms with Crippen molar-refractivity contribution in [1.82, 2.24) is 9.55 Å². The number of aromatic nitrogens is 2. The lowest BCUT2D eigenvalue weighted by Gasteiger charge is -2.05. The number of hydrogen-bond donors (Lipinski definition) is 1. The van der Waals surface area contributed by atoms with Gasteiger partial charge in [-0.25, -0.2) is 4.98 Å². The zero-order valence-electron chi connectivity index (χ0n) is 8.11. The van der Waals surface area contributed by atoms with E-state index in [1.165, 1.54) is 12.1 Å². The van der Waals surface area contributed by atoms with Gasteiger partial charge in [0.1, 0.15) is 0 Å². The van der Waals surface area contributed by atoms with Crippen LogP contribution in [0.4, 0.5) is 0 Å². The molecule has 0 saturated heterocycles. The molecule has 1 fully saturated rings. The fourth-order valence-corrected chi connectivity index (χ4v) is 1.77. The number of hydrogen-bond acceptors (Lipinski definition) is 2. The molecule has 0 aromatic carbocycles. The van der Waals surface area contributed by atoms with Crippen LogP contribution in [0.1, 0.15) is 19.0 Å². The molecule has 72 valence electrons. The molecule has 0 spiro atoms. The van der Waals surface area contributed by atoms with Crippen LogP contribution in [0, 0.1) is 11.8 Å². The van der Waals surface area contributed by atoms with Crippen LogP contribution in [0.15, 0.2) is 12.5 Å². The van der Waals surface area contributed by atoms with Gasteiger partial charge in [-0.15, -0.1) is 0 Å². The zero-order valence-corrected chi connectivity index (χ0v) is 8.11. The monoisotopic (exact) mass is 179 g/mol. The quantitative estimate of drug-likeness (QED) is 0.750. The van der Waals surface area contributed by atoms with Crippen molar-refractivity contribution in [1.29, 1.82) is 0 Å². The van der Waals surface area contributed by atoms with E-state index in [2.05, 4.69) is 16.5 Å². The fourth-order valence-electron chi connectivity index (χ4n) is 1.77. The average molecular weight is 179 g/mol. The van der Waals surface area contributed by atoms with Crippen molar-refractivity contribution in [2.24, 2.45) is 17.6 Å². The molecule has 0 bridgehead atoms. The van der Waals surface area contributed by atoms with E-state index < -0.39 is 0 Å². The van der Waals surface area contributed by atoms with Crippen molar-refractivity contribution >= 4 is 0 Å². The Labute approximate surface area is 79.0 Å². The first-order valence-electron chi connectivity index (χ1n) is 5.00. The minimum atomic E-state index is 0.714. The second-order valence-electron chi connectivity index (χ2n) is 4.05. The molecule has 1 aliphatic rings. The lowest BCUT2D eigenvalue weighted by molar-refractivity contribution is 0.573. The second kappa shape index (κ2) is 3.50. The van der Waals surface area contributed by atoms with E-state index in [0.29, 0.717) is 6.54 Å². The van der Waals surface area contributed by atoms with Crippen molar-refractivity contribution in [2.75, 3.05) is 6.54 Å². The summed E-state index contributed by atoms with van der Waals surface area (Å²) in [7, 11) is 0. The van der Waals surface area contributed by atoms with Crippen molar-refractivity contribution in [3.8, 4) is 0 Å². The van der Waals surface area contributed by atoms with Gasteiger partial charge in [-0.1, -0.05) is 6.92 Å². The van der Waals surface area contributed by atoms with Crippen LogP contribution in [0.3, 0.4) is 0 Å². The third-order valence-electron chi connectivity index (χ3n) is 2.91. The summed E-state index contributed by atoms with van der Waals surface area (Å²) in [6.45, 7) is 4.16. The molecule has 1 heterocycles. The van der Waals surface area contributed by atoms with E-state index in [0.717, 1.165) is 24.8 Å². The molecule has 3 heteroatoms. The summed E-state index contributed by atoms with van der Waals surface area (Å²) < 4.78 is 2.25. The van der Waals surface area contributed by atoms with Crippen LogP contribution in [0.25, 0.3) is 0 Å². The van der Waals surface area contributed by atoms with Crippen LogP contribution in [0.5, 0.6) is 0 Å². The maximum Gasteiger partial charge on any atom is 0.0948 e. The fraction of sp³-hybridized carbons (Fsp3) is 0.700. The van der Waals surface area contributed by atoms with Gasteiger partial charge < -0.3 is 10.3 Å². The second-order valence-corrected chi connectivity index (χ2v) is 4.05. The highest BCUT2D eigenvalue weighted by atomic mass is 15.1. The summed E-state index contributed by atoms with van der Waals surface area (Å²) in [6, 6.07) is 0. The number of nitrogens with two attached hydrogens (primary N) is 1. The molecular formula is C10H17N3. The van der Waals surface area contributed by atoms with Gasteiger partial charge in [-0.05, 0) is 24.8 Å². The minimum Gasteiger partial charge on any atom is -0.334 e. The summed E-state index contributed by atoms with van der Waals surface area (Å²) in [5.74, 6) is 1.79. The molecule has 2 unspecified atom stereocenters. The lowest BCUT2D eigenvalue weighted by atomic mass is 10.3. The molecule has 1 saturated carbocycles. The Morgan fingerprint density at radius 3 is 3.08 bits per heavy atom. The van der Waals surface area contributed by atoms with E-state index in [1.54, 1.807) is 0 Å². The molecule has 0 radical (unpaired) electrons. The largest absolute Gasteiger partial charge is 0.334 e. The Morgan fingerprint density at radius 2 is 2.46 bits per heavy atom. The van der Waals surface area contributed by atoms with Gasteiger partial charge in [0, 0.05) is 24.9 Å². The maximum atomic E-state index is 5.52. The number of rotatable bonds is 4. The SMILES string of the molecule is CC1CC1Cn1cncc1CCN. The number of imidazole rings is 1. The third-order valence-corrected chi connectivity index (χ3v) is 2.91. The predicted molar refractivity (Wildman–Crippen MR) is 52.3 cm³/mol.